The van der Waals surface area contributed by atoms with Crippen molar-refractivity contribution in [2.45, 2.75) is 6.42 Å². The van der Waals surface area contributed by atoms with Crippen molar-refractivity contribution in [2.75, 3.05) is 0 Å². The number of aromatic nitrogens is 2. The fraction of sp³-hybridized carbons (Fsp3) is 0.0667. The number of pyridine rings is 1. The number of nitrogens with zero attached hydrogens (tertiary/aromatic N) is 1. The Balaban J connectivity index is 2.02. The van der Waals surface area contributed by atoms with Crippen LogP contribution < -0.4 is 0 Å². The summed E-state index contributed by atoms with van der Waals surface area (Å²) in [5.74, 6) is -0.870. The number of aromatic amines is 1. The van der Waals surface area contributed by atoms with Crippen molar-refractivity contribution in [2.24, 2.45) is 0 Å². The first-order valence-electron chi connectivity index (χ1n) is 5.96. The molecule has 2 N–H and O–H groups in total. The summed E-state index contributed by atoms with van der Waals surface area (Å²) in [6.45, 7) is 0. The Labute approximate surface area is 109 Å². The summed E-state index contributed by atoms with van der Waals surface area (Å²) in [6.07, 6.45) is 3.49. The second-order valence-corrected chi connectivity index (χ2v) is 4.39. The van der Waals surface area contributed by atoms with Gasteiger partial charge in [0.1, 0.15) is 0 Å². The van der Waals surface area contributed by atoms with Crippen LogP contribution in [0.2, 0.25) is 0 Å². The maximum absolute atomic E-state index is 10.7. The second-order valence-electron chi connectivity index (χ2n) is 4.39. The fourth-order valence-corrected chi connectivity index (χ4v) is 2.14. The summed E-state index contributed by atoms with van der Waals surface area (Å²) in [4.78, 5) is 17.9. The van der Waals surface area contributed by atoms with Gasteiger partial charge in [0.05, 0.1) is 12.1 Å². The number of H-pyrrole nitrogens is 1. The third-order valence-corrected chi connectivity index (χ3v) is 3.04. The first kappa shape index (κ1) is 11.5. The Hall–Kier alpha value is -2.62. The van der Waals surface area contributed by atoms with Crippen molar-refractivity contribution in [3.05, 3.63) is 54.5 Å². The van der Waals surface area contributed by atoms with Crippen LogP contribution in [0.3, 0.4) is 0 Å². The third-order valence-electron chi connectivity index (χ3n) is 3.04. The van der Waals surface area contributed by atoms with Crippen molar-refractivity contribution in [1.29, 1.82) is 0 Å². The van der Waals surface area contributed by atoms with Crippen LogP contribution in [0.1, 0.15) is 5.69 Å². The second kappa shape index (κ2) is 4.57. The van der Waals surface area contributed by atoms with Gasteiger partial charge in [-0.05, 0) is 46.8 Å². The summed E-state index contributed by atoms with van der Waals surface area (Å²) < 4.78 is 0. The van der Waals surface area contributed by atoms with Gasteiger partial charge in [0.15, 0.2) is 0 Å². The van der Waals surface area contributed by atoms with E-state index in [-0.39, 0.29) is 6.42 Å². The van der Waals surface area contributed by atoms with Crippen LogP contribution in [0.15, 0.2) is 48.8 Å². The summed E-state index contributed by atoms with van der Waals surface area (Å²) in [6, 6.07) is 11.8. The lowest BCUT2D eigenvalue weighted by Crippen LogP contribution is -2.02. The molecule has 0 aliphatic heterocycles. The molecule has 0 bridgehead atoms. The molecule has 0 aliphatic carbocycles. The molecule has 2 heterocycles. The lowest BCUT2D eigenvalue weighted by atomic mass is 10.0. The zero-order chi connectivity index (χ0) is 13.2. The van der Waals surface area contributed by atoms with Crippen LogP contribution in [0, 0.1) is 0 Å². The molecule has 0 saturated carbocycles. The van der Waals surface area contributed by atoms with Gasteiger partial charge in [-0.15, -0.1) is 0 Å². The maximum atomic E-state index is 10.7. The number of aliphatic carboxylic acids is 1. The summed E-state index contributed by atoms with van der Waals surface area (Å²) in [5, 5.41) is 9.93. The lowest BCUT2D eigenvalue weighted by molar-refractivity contribution is -0.136. The van der Waals surface area contributed by atoms with Gasteiger partial charge in [0, 0.05) is 17.9 Å². The maximum Gasteiger partial charge on any atom is 0.309 e. The Kier molecular flexibility index (Phi) is 2.76. The van der Waals surface area contributed by atoms with Gasteiger partial charge in [-0.2, -0.15) is 0 Å². The molecule has 0 saturated heterocycles. The number of carboxylic acids is 1. The standard InChI is InChI=1S/C15H12N2O2/c18-15(19)9-13-8-11(3-5-16-13)10-1-2-14-12(7-10)4-6-17-14/h1-8,17H,9H2,(H,18,19). The number of carboxylic acid groups (broad SMARTS) is 1. The van der Waals surface area contributed by atoms with Gasteiger partial charge in [-0.3, -0.25) is 9.78 Å². The predicted molar refractivity (Wildman–Crippen MR) is 72.9 cm³/mol. The van der Waals surface area contributed by atoms with E-state index >= 15 is 0 Å². The Morgan fingerprint density at radius 3 is 2.84 bits per heavy atom. The van der Waals surface area contributed by atoms with Gasteiger partial charge in [-0.25, -0.2) is 0 Å². The Morgan fingerprint density at radius 1 is 1.16 bits per heavy atom. The molecule has 0 amide bonds. The van der Waals surface area contributed by atoms with Crippen molar-refractivity contribution < 1.29 is 9.90 Å². The van der Waals surface area contributed by atoms with Crippen molar-refractivity contribution in [1.82, 2.24) is 9.97 Å². The van der Waals surface area contributed by atoms with Crippen molar-refractivity contribution in [3.8, 4) is 11.1 Å². The molecule has 94 valence electrons. The van der Waals surface area contributed by atoms with Crippen LogP contribution in [-0.2, 0) is 11.2 Å². The summed E-state index contributed by atoms with van der Waals surface area (Å²) >= 11 is 0. The van der Waals surface area contributed by atoms with E-state index in [1.807, 2.05) is 36.5 Å². The highest BCUT2D eigenvalue weighted by atomic mass is 16.4. The highest BCUT2D eigenvalue weighted by Crippen LogP contribution is 2.24. The van der Waals surface area contributed by atoms with E-state index in [4.69, 9.17) is 5.11 Å². The topological polar surface area (TPSA) is 66.0 Å². The van der Waals surface area contributed by atoms with Crippen LogP contribution in [-0.4, -0.2) is 21.0 Å². The molecule has 19 heavy (non-hydrogen) atoms. The summed E-state index contributed by atoms with van der Waals surface area (Å²) in [5.41, 5.74) is 3.69. The molecule has 1 aromatic carbocycles. The molecule has 0 unspecified atom stereocenters. The number of hydrogen-bond acceptors (Lipinski definition) is 2. The van der Waals surface area contributed by atoms with Gasteiger partial charge < -0.3 is 10.1 Å². The largest absolute Gasteiger partial charge is 0.481 e. The van der Waals surface area contributed by atoms with E-state index in [2.05, 4.69) is 16.0 Å². The van der Waals surface area contributed by atoms with Gasteiger partial charge in [-0.1, -0.05) is 6.07 Å². The van der Waals surface area contributed by atoms with Gasteiger partial charge in [0.2, 0.25) is 0 Å². The quantitative estimate of drug-likeness (QED) is 0.753. The molecule has 0 aliphatic rings. The smallest absolute Gasteiger partial charge is 0.309 e. The minimum atomic E-state index is -0.870. The monoisotopic (exact) mass is 252 g/mol. The SMILES string of the molecule is O=C(O)Cc1cc(-c2ccc3[nH]ccc3c2)ccn1. The van der Waals surface area contributed by atoms with E-state index in [1.165, 1.54) is 0 Å². The number of rotatable bonds is 3. The Bertz CT molecular complexity index is 746. The Morgan fingerprint density at radius 2 is 2.00 bits per heavy atom. The molecule has 2 aromatic heterocycles. The van der Waals surface area contributed by atoms with E-state index in [0.717, 1.165) is 22.0 Å². The molecule has 0 radical (unpaired) electrons. The highest BCUT2D eigenvalue weighted by Gasteiger charge is 2.05. The minimum Gasteiger partial charge on any atom is -0.481 e. The number of hydrogen-bond donors (Lipinski definition) is 2. The minimum absolute atomic E-state index is 0.0553. The van der Waals surface area contributed by atoms with E-state index in [1.54, 1.807) is 6.20 Å². The average molecular weight is 252 g/mol. The number of nitrogens with one attached hydrogen (secondary N) is 1. The van der Waals surface area contributed by atoms with E-state index < -0.39 is 5.97 Å². The van der Waals surface area contributed by atoms with Crippen LogP contribution >= 0.6 is 0 Å². The molecule has 4 nitrogen and oxygen atoms in total. The van der Waals surface area contributed by atoms with Crippen molar-refractivity contribution >= 4 is 16.9 Å². The molecule has 0 atom stereocenters. The van der Waals surface area contributed by atoms with Gasteiger partial charge >= 0.3 is 5.97 Å². The molecular formula is C15H12N2O2. The molecule has 3 aromatic rings. The fourth-order valence-electron chi connectivity index (χ4n) is 2.14. The predicted octanol–water partition coefficient (Wildman–Crippen LogP) is 2.86. The van der Waals surface area contributed by atoms with Crippen molar-refractivity contribution in [3.63, 3.8) is 0 Å². The number of fused-ring (bicyclic) bond motifs is 1. The summed E-state index contributed by atoms with van der Waals surface area (Å²) in [7, 11) is 0. The molecule has 0 spiro atoms. The van der Waals surface area contributed by atoms with E-state index in [9.17, 15) is 4.79 Å². The van der Waals surface area contributed by atoms with E-state index in [0.29, 0.717) is 5.69 Å². The molecule has 0 fully saturated rings. The third kappa shape index (κ3) is 2.33. The first-order chi connectivity index (χ1) is 9.22. The van der Waals surface area contributed by atoms with Crippen LogP contribution in [0.4, 0.5) is 0 Å². The number of carbonyl (C=O) groups is 1. The highest BCUT2D eigenvalue weighted by molar-refractivity contribution is 5.85. The normalized spacial score (nSPS) is 10.7. The first-order valence-corrected chi connectivity index (χ1v) is 5.96. The van der Waals surface area contributed by atoms with Crippen LogP contribution in [0.25, 0.3) is 22.0 Å². The number of benzene rings is 1. The zero-order valence-corrected chi connectivity index (χ0v) is 10.1. The molecule has 3 rings (SSSR count). The lowest BCUT2D eigenvalue weighted by Gasteiger charge is -2.04. The average Bonchev–Trinajstić information content (AvgIpc) is 2.85. The molecule has 4 heteroatoms. The zero-order valence-electron chi connectivity index (χ0n) is 10.1. The molecular weight excluding hydrogens is 240 g/mol. The van der Waals surface area contributed by atoms with Gasteiger partial charge in [0.25, 0.3) is 0 Å². The van der Waals surface area contributed by atoms with Crippen LogP contribution in [0.5, 0.6) is 0 Å².